The fourth-order valence-electron chi connectivity index (χ4n) is 6.95. The molecule has 1 aliphatic rings. The third kappa shape index (κ3) is 3.85. The fraction of sp³-hybridized carbons (Fsp3) is 0.0732. The van der Waals surface area contributed by atoms with Crippen molar-refractivity contribution in [1.82, 2.24) is 0 Å². The number of para-hydroxylation sites is 1. The number of nitrogens with one attached hydrogen (secondary N) is 1. The van der Waals surface area contributed by atoms with Crippen molar-refractivity contribution < 1.29 is 0 Å². The molecule has 200 valence electrons. The SMILES string of the molecule is Cc1cc(-c2c3ccccc3c(-c3ccc4ccccc4c3)c3ccccc23)c(C)cc1C1=CCNc2ccccc21. The number of fused-ring (bicyclic) bond motifs is 4. The highest BCUT2D eigenvalue weighted by molar-refractivity contribution is 6.22. The van der Waals surface area contributed by atoms with Crippen molar-refractivity contribution in [1.29, 1.82) is 0 Å². The van der Waals surface area contributed by atoms with Crippen molar-refractivity contribution in [2.24, 2.45) is 0 Å². The first kappa shape index (κ1) is 24.6. The first-order valence-corrected chi connectivity index (χ1v) is 14.8. The van der Waals surface area contributed by atoms with E-state index in [-0.39, 0.29) is 0 Å². The van der Waals surface area contributed by atoms with Gasteiger partial charge in [0.1, 0.15) is 0 Å². The molecule has 7 aromatic carbocycles. The Kier molecular flexibility index (Phi) is 5.72. The molecule has 0 unspecified atom stereocenters. The zero-order chi connectivity index (χ0) is 28.2. The van der Waals surface area contributed by atoms with Crippen LogP contribution in [0.2, 0.25) is 0 Å². The summed E-state index contributed by atoms with van der Waals surface area (Å²) in [5.74, 6) is 0. The van der Waals surface area contributed by atoms with Crippen LogP contribution < -0.4 is 5.32 Å². The van der Waals surface area contributed by atoms with Gasteiger partial charge in [-0.1, -0.05) is 121 Å². The number of rotatable bonds is 3. The summed E-state index contributed by atoms with van der Waals surface area (Å²) in [6, 6.07) is 46.9. The van der Waals surface area contributed by atoms with E-state index in [1.165, 1.54) is 88.1 Å². The number of anilines is 1. The molecule has 0 saturated heterocycles. The van der Waals surface area contributed by atoms with Gasteiger partial charge in [-0.25, -0.2) is 0 Å². The minimum absolute atomic E-state index is 0.845. The third-order valence-corrected chi connectivity index (χ3v) is 8.92. The number of hydrogen-bond acceptors (Lipinski definition) is 1. The number of hydrogen-bond donors (Lipinski definition) is 1. The highest BCUT2D eigenvalue weighted by atomic mass is 14.9. The molecule has 1 heteroatoms. The second-order valence-electron chi connectivity index (χ2n) is 11.4. The Morgan fingerprint density at radius 2 is 1.05 bits per heavy atom. The predicted molar refractivity (Wildman–Crippen MR) is 181 cm³/mol. The van der Waals surface area contributed by atoms with E-state index in [1.54, 1.807) is 0 Å². The normalized spacial score (nSPS) is 12.8. The lowest BCUT2D eigenvalue weighted by Crippen LogP contribution is -2.09. The topological polar surface area (TPSA) is 12.0 Å². The Labute approximate surface area is 246 Å². The van der Waals surface area contributed by atoms with Crippen LogP contribution in [0.1, 0.15) is 22.3 Å². The summed E-state index contributed by atoms with van der Waals surface area (Å²) in [4.78, 5) is 0. The van der Waals surface area contributed by atoms with Crippen molar-refractivity contribution in [3.05, 3.63) is 156 Å². The summed E-state index contributed by atoms with van der Waals surface area (Å²) in [6.07, 6.45) is 2.33. The lowest BCUT2D eigenvalue weighted by atomic mass is 9.82. The largest absolute Gasteiger partial charge is 0.381 e. The smallest absolute Gasteiger partial charge is 0.0422 e. The van der Waals surface area contributed by atoms with Crippen molar-refractivity contribution in [3.8, 4) is 22.3 Å². The molecule has 42 heavy (non-hydrogen) atoms. The standard InChI is InChI=1S/C41H31N/c1-26-24-38(27(2)23-37(26)31-21-22-42-39-18-10-9-13-32(31)39)41-35-16-7-5-14-33(35)40(34-15-6-8-17-36(34)41)30-20-19-28-11-3-4-12-29(28)25-30/h3-21,23-25,42H,22H2,1-2H3. The van der Waals surface area contributed by atoms with Crippen LogP contribution >= 0.6 is 0 Å². The molecule has 7 aromatic rings. The van der Waals surface area contributed by atoms with Crippen LogP contribution in [0.5, 0.6) is 0 Å². The molecular weight excluding hydrogens is 506 g/mol. The minimum Gasteiger partial charge on any atom is -0.381 e. The van der Waals surface area contributed by atoms with Gasteiger partial charge in [0.25, 0.3) is 0 Å². The maximum Gasteiger partial charge on any atom is 0.0422 e. The molecule has 0 fully saturated rings. The van der Waals surface area contributed by atoms with Crippen LogP contribution in [0.15, 0.2) is 133 Å². The van der Waals surface area contributed by atoms with Gasteiger partial charge in [-0.05, 0) is 103 Å². The van der Waals surface area contributed by atoms with E-state index in [1.807, 2.05) is 0 Å². The van der Waals surface area contributed by atoms with Crippen molar-refractivity contribution >= 4 is 43.6 Å². The molecule has 1 nitrogen and oxygen atoms in total. The fourth-order valence-corrected chi connectivity index (χ4v) is 6.95. The number of aryl methyl sites for hydroxylation is 2. The Bertz CT molecular complexity index is 2160. The molecule has 0 aliphatic carbocycles. The minimum atomic E-state index is 0.845. The molecular formula is C41H31N. The lowest BCUT2D eigenvalue weighted by molar-refractivity contribution is 1.27. The highest BCUT2D eigenvalue weighted by Gasteiger charge is 2.20. The van der Waals surface area contributed by atoms with E-state index < -0.39 is 0 Å². The molecule has 0 spiro atoms. The molecule has 0 aromatic heterocycles. The zero-order valence-electron chi connectivity index (χ0n) is 23.9. The Hall–Kier alpha value is -5.14. The van der Waals surface area contributed by atoms with Gasteiger partial charge in [0.15, 0.2) is 0 Å². The molecule has 8 rings (SSSR count). The third-order valence-electron chi connectivity index (χ3n) is 8.92. The first-order valence-electron chi connectivity index (χ1n) is 14.8. The van der Waals surface area contributed by atoms with Crippen LogP contribution in [0.4, 0.5) is 5.69 Å². The quantitative estimate of drug-likeness (QED) is 0.221. The zero-order valence-corrected chi connectivity index (χ0v) is 23.9. The summed E-state index contributed by atoms with van der Waals surface area (Å²) < 4.78 is 0. The van der Waals surface area contributed by atoms with Crippen molar-refractivity contribution in [3.63, 3.8) is 0 Å². The monoisotopic (exact) mass is 537 g/mol. The molecule has 0 radical (unpaired) electrons. The second-order valence-corrected chi connectivity index (χ2v) is 11.4. The van der Waals surface area contributed by atoms with Crippen LogP contribution in [0, 0.1) is 13.8 Å². The van der Waals surface area contributed by atoms with Crippen molar-refractivity contribution in [2.45, 2.75) is 13.8 Å². The van der Waals surface area contributed by atoms with Gasteiger partial charge in [0, 0.05) is 17.8 Å². The average Bonchev–Trinajstić information content (AvgIpc) is 3.04. The summed E-state index contributed by atoms with van der Waals surface area (Å²) >= 11 is 0. The Balaban J connectivity index is 1.38. The summed E-state index contributed by atoms with van der Waals surface area (Å²) in [5, 5.41) is 11.2. The van der Waals surface area contributed by atoms with Crippen LogP contribution in [-0.2, 0) is 0 Å². The van der Waals surface area contributed by atoms with E-state index >= 15 is 0 Å². The van der Waals surface area contributed by atoms with Gasteiger partial charge in [0.05, 0.1) is 0 Å². The predicted octanol–water partition coefficient (Wildman–Crippen LogP) is 11.0. The summed E-state index contributed by atoms with van der Waals surface area (Å²) in [6.45, 7) is 5.38. The highest BCUT2D eigenvalue weighted by Crippen LogP contribution is 2.46. The maximum atomic E-state index is 3.53. The molecule has 1 N–H and O–H groups in total. The van der Waals surface area contributed by atoms with Gasteiger partial charge in [-0.2, -0.15) is 0 Å². The van der Waals surface area contributed by atoms with Gasteiger partial charge in [0.2, 0.25) is 0 Å². The van der Waals surface area contributed by atoms with E-state index in [2.05, 4.69) is 153 Å². The second kappa shape index (κ2) is 9.75. The maximum absolute atomic E-state index is 3.53. The van der Waals surface area contributed by atoms with E-state index in [4.69, 9.17) is 0 Å². The van der Waals surface area contributed by atoms with Crippen LogP contribution in [-0.4, -0.2) is 6.54 Å². The van der Waals surface area contributed by atoms with E-state index in [0.29, 0.717) is 0 Å². The molecule has 0 bridgehead atoms. The van der Waals surface area contributed by atoms with Crippen LogP contribution in [0.25, 0.3) is 60.1 Å². The summed E-state index contributed by atoms with van der Waals surface area (Å²) in [7, 11) is 0. The Morgan fingerprint density at radius 3 is 1.79 bits per heavy atom. The van der Waals surface area contributed by atoms with E-state index in [0.717, 1.165) is 6.54 Å². The average molecular weight is 538 g/mol. The molecule has 0 atom stereocenters. The molecule has 0 amide bonds. The van der Waals surface area contributed by atoms with Gasteiger partial charge in [-0.3, -0.25) is 0 Å². The molecule has 0 saturated carbocycles. The van der Waals surface area contributed by atoms with Crippen LogP contribution in [0.3, 0.4) is 0 Å². The molecule has 1 aliphatic heterocycles. The van der Waals surface area contributed by atoms with E-state index in [9.17, 15) is 0 Å². The molecule has 1 heterocycles. The number of benzene rings is 7. The van der Waals surface area contributed by atoms with Crippen molar-refractivity contribution in [2.75, 3.05) is 11.9 Å². The van der Waals surface area contributed by atoms with Gasteiger partial charge < -0.3 is 5.32 Å². The van der Waals surface area contributed by atoms with Gasteiger partial charge in [-0.15, -0.1) is 0 Å². The first-order chi connectivity index (χ1) is 20.7. The lowest BCUT2D eigenvalue weighted by Gasteiger charge is -2.23. The summed E-state index contributed by atoms with van der Waals surface area (Å²) in [5.41, 5.74) is 12.9. The van der Waals surface area contributed by atoms with Gasteiger partial charge >= 0.3 is 0 Å². The Morgan fingerprint density at radius 1 is 0.476 bits per heavy atom.